The van der Waals surface area contributed by atoms with Gasteiger partial charge in [-0.2, -0.15) is 4.98 Å². The number of nitrogens with one attached hydrogen (secondary N) is 1. The maximum atomic E-state index is 5.41. The van der Waals surface area contributed by atoms with E-state index in [1.165, 1.54) is 12.8 Å². The fourth-order valence-electron chi connectivity index (χ4n) is 2.57. The number of hydrogen-bond acceptors (Lipinski definition) is 6. The highest BCUT2D eigenvalue weighted by Gasteiger charge is 2.24. The minimum Gasteiger partial charge on any atom is -0.336 e. The van der Waals surface area contributed by atoms with Crippen molar-refractivity contribution in [2.75, 3.05) is 44.7 Å². The molecule has 0 bridgehead atoms. The summed E-state index contributed by atoms with van der Waals surface area (Å²) in [6.07, 6.45) is 3.59. The number of anilines is 1. The summed E-state index contributed by atoms with van der Waals surface area (Å²) < 4.78 is 5.41. The van der Waals surface area contributed by atoms with Crippen LogP contribution in [0.1, 0.15) is 31.2 Å². The molecule has 18 heavy (non-hydrogen) atoms. The Morgan fingerprint density at radius 1 is 1.22 bits per heavy atom. The Kier molecular flexibility index (Phi) is 3.47. The van der Waals surface area contributed by atoms with Crippen LogP contribution in [0.2, 0.25) is 0 Å². The molecule has 6 nitrogen and oxygen atoms in total. The first-order chi connectivity index (χ1) is 8.83. The van der Waals surface area contributed by atoms with E-state index in [1.54, 1.807) is 0 Å². The molecule has 3 heterocycles. The molecular weight excluding hydrogens is 230 g/mol. The Balaban J connectivity index is 1.65. The summed E-state index contributed by atoms with van der Waals surface area (Å²) >= 11 is 0. The fourth-order valence-corrected chi connectivity index (χ4v) is 2.57. The highest BCUT2D eigenvalue weighted by molar-refractivity contribution is 5.29. The van der Waals surface area contributed by atoms with E-state index in [0.717, 1.165) is 51.0 Å². The van der Waals surface area contributed by atoms with Gasteiger partial charge in [0.25, 0.3) is 5.95 Å². The quantitative estimate of drug-likeness (QED) is 0.832. The molecule has 1 aromatic heterocycles. The summed E-state index contributed by atoms with van der Waals surface area (Å²) in [5.41, 5.74) is 0. The molecule has 6 heteroatoms. The zero-order valence-corrected chi connectivity index (χ0v) is 10.9. The lowest BCUT2D eigenvalue weighted by Crippen LogP contribution is -2.45. The highest BCUT2D eigenvalue weighted by Crippen LogP contribution is 2.23. The van der Waals surface area contributed by atoms with E-state index >= 15 is 0 Å². The molecule has 2 fully saturated rings. The number of rotatable bonds is 2. The van der Waals surface area contributed by atoms with Crippen molar-refractivity contribution in [1.29, 1.82) is 0 Å². The molecule has 3 rings (SSSR count). The molecule has 0 saturated carbocycles. The average molecular weight is 251 g/mol. The third-order valence-electron chi connectivity index (χ3n) is 3.83. The SMILES string of the molecule is CN1CCN(c2noc([C@@H]3CCCCN3)n2)CC1. The van der Waals surface area contributed by atoms with Gasteiger partial charge in [-0.1, -0.05) is 6.42 Å². The lowest BCUT2D eigenvalue weighted by atomic mass is 10.1. The molecule has 0 radical (unpaired) electrons. The minimum absolute atomic E-state index is 0.257. The van der Waals surface area contributed by atoms with Crippen LogP contribution in [-0.2, 0) is 0 Å². The van der Waals surface area contributed by atoms with E-state index < -0.39 is 0 Å². The summed E-state index contributed by atoms with van der Waals surface area (Å²) in [5.74, 6) is 1.51. The van der Waals surface area contributed by atoms with E-state index in [4.69, 9.17) is 4.52 Å². The Labute approximate surface area is 107 Å². The molecule has 2 aliphatic rings. The van der Waals surface area contributed by atoms with Gasteiger partial charge >= 0.3 is 0 Å². The number of hydrogen-bond donors (Lipinski definition) is 1. The van der Waals surface area contributed by atoms with E-state index in [9.17, 15) is 0 Å². The largest absolute Gasteiger partial charge is 0.336 e. The van der Waals surface area contributed by atoms with E-state index in [1.807, 2.05) is 0 Å². The van der Waals surface area contributed by atoms with Gasteiger partial charge in [0.2, 0.25) is 5.89 Å². The molecule has 1 aromatic rings. The van der Waals surface area contributed by atoms with Crippen molar-refractivity contribution in [3.63, 3.8) is 0 Å². The van der Waals surface area contributed by atoms with Crippen molar-refractivity contribution < 1.29 is 4.52 Å². The van der Waals surface area contributed by atoms with Gasteiger partial charge in [0.05, 0.1) is 6.04 Å². The normalized spacial score (nSPS) is 26.5. The van der Waals surface area contributed by atoms with Gasteiger partial charge in [-0.15, -0.1) is 0 Å². The second kappa shape index (κ2) is 5.24. The number of piperidine rings is 1. The molecule has 0 aromatic carbocycles. The predicted octanol–water partition coefficient (Wildman–Crippen LogP) is 0.636. The van der Waals surface area contributed by atoms with Crippen LogP contribution in [0.3, 0.4) is 0 Å². The average Bonchev–Trinajstić information content (AvgIpc) is 2.90. The molecule has 1 N–H and O–H groups in total. The van der Waals surface area contributed by atoms with Gasteiger partial charge < -0.3 is 19.6 Å². The van der Waals surface area contributed by atoms with Crippen molar-refractivity contribution in [1.82, 2.24) is 20.4 Å². The number of aromatic nitrogens is 2. The third kappa shape index (κ3) is 2.49. The van der Waals surface area contributed by atoms with E-state index in [-0.39, 0.29) is 6.04 Å². The van der Waals surface area contributed by atoms with E-state index in [2.05, 4.69) is 32.3 Å². The summed E-state index contributed by atoms with van der Waals surface area (Å²) in [4.78, 5) is 9.07. The number of nitrogens with zero attached hydrogens (tertiary/aromatic N) is 4. The molecule has 0 spiro atoms. The van der Waals surface area contributed by atoms with Crippen molar-refractivity contribution in [2.45, 2.75) is 25.3 Å². The summed E-state index contributed by atoms with van der Waals surface area (Å²) in [7, 11) is 2.14. The lowest BCUT2D eigenvalue weighted by Gasteiger charge is -2.31. The highest BCUT2D eigenvalue weighted by atomic mass is 16.5. The van der Waals surface area contributed by atoms with Crippen molar-refractivity contribution in [2.24, 2.45) is 0 Å². The van der Waals surface area contributed by atoms with Crippen LogP contribution in [0.15, 0.2) is 4.52 Å². The van der Waals surface area contributed by atoms with Crippen molar-refractivity contribution >= 4 is 5.95 Å². The van der Waals surface area contributed by atoms with Crippen LogP contribution in [0.4, 0.5) is 5.95 Å². The van der Waals surface area contributed by atoms with Crippen molar-refractivity contribution in [3.8, 4) is 0 Å². The first kappa shape index (κ1) is 11.9. The maximum absolute atomic E-state index is 5.41. The zero-order chi connectivity index (χ0) is 12.4. The minimum atomic E-state index is 0.257. The van der Waals surface area contributed by atoms with Gasteiger partial charge in [-0.25, -0.2) is 0 Å². The first-order valence-corrected chi connectivity index (χ1v) is 6.83. The van der Waals surface area contributed by atoms with Gasteiger partial charge in [-0.05, 0) is 31.6 Å². The molecule has 2 aliphatic heterocycles. The Morgan fingerprint density at radius 3 is 2.78 bits per heavy atom. The molecule has 0 aliphatic carbocycles. The van der Waals surface area contributed by atoms with Gasteiger partial charge in [0.1, 0.15) is 0 Å². The van der Waals surface area contributed by atoms with Crippen LogP contribution >= 0.6 is 0 Å². The molecule has 100 valence electrons. The second-order valence-corrected chi connectivity index (χ2v) is 5.23. The van der Waals surface area contributed by atoms with Crippen LogP contribution < -0.4 is 10.2 Å². The number of likely N-dealkylation sites (N-methyl/N-ethyl adjacent to an activating group) is 1. The fraction of sp³-hybridized carbons (Fsp3) is 0.833. The summed E-state index contributed by atoms with van der Waals surface area (Å²) in [5, 5.41) is 7.56. The van der Waals surface area contributed by atoms with Gasteiger partial charge in [0.15, 0.2) is 0 Å². The standard InChI is InChI=1S/C12H21N5O/c1-16-6-8-17(9-7-16)12-14-11(18-15-12)10-4-2-3-5-13-10/h10,13H,2-9H2,1H3/t10-/m0/s1. The van der Waals surface area contributed by atoms with Gasteiger partial charge in [-0.3, -0.25) is 0 Å². The topological polar surface area (TPSA) is 57.4 Å². The van der Waals surface area contributed by atoms with E-state index in [0.29, 0.717) is 0 Å². The molecular formula is C12H21N5O. The maximum Gasteiger partial charge on any atom is 0.266 e. The predicted molar refractivity (Wildman–Crippen MR) is 68.6 cm³/mol. The Bertz CT molecular complexity index is 380. The Hall–Kier alpha value is -1.14. The third-order valence-corrected chi connectivity index (χ3v) is 3.83. The second-order valence-electron chi connectivity index (χ2n) is 5.23. The van der Waals surface area contributed by atoms with Crippen LogP contribution in [0, 0.1) is 0 Å². The molecule has 1 atom stereocenters. The summed E-state index contributed by atoms with van der Waals surface area (Å²) in [6.45, 7) is 5.13. The van der Waals surface area contributed by atoms with Crippen LogP contribution in [0.25, 0.3) is 0 Å². The smallest absolute Gasteiger partial charge is 0.266 e. The lowest BCUT2D eigenvalue weighted by molar-refractivity contribution is 0.294. The molecule has 2 saturated heterocycles. The molecule has 0 amide bonds. The number of piperazine rings is 1. The zero-order valence-electron chi connectivity index (χ0n) is 10.9. The summed E-state index contributed by atoms with van der Waals surface area (Å²) in [6, 6.07) is 0.257. The van der Waals surface area contributed by atoms with Crippen molar-refractivity contribution in [3.05, 3.63) is 5.89 Å². The Morgan fingerprint density at radius 2 is 2.06 bits per heavy atom. The first-order valence-electron chi connectivity index (χ1n) is 6.83. The monoisotopic (exact) mass is 251 g/mol. The van der Waals surface area contributed by atoms with Crippen LogP contribution in [0.5, 0.6) is 0 Å². The van der Waals surface area contributed by atoms with Gasteiger partial charge in [0, 0.05) is 26.2 Å². The molecule has 0 unspecified atom stereocenters. The van der Waals surface area contributed by atoms with Crippen LogP contribution in [-0.4, -0.2) is 54.8 Å².